The SMILES string of the molecule is CC(C)N(Cc1ccccc1)[C@H]1CCC[C@@H]1O. The number of hydrogen-bond acceptors (Lipinski definition) is 2. The van der Waals surface area contributed by atoms with E-state index in [0.717, 1.165) is 25.8 Å². The molecule has 0 amide bonds. The summed E-state index contributed by atoms with van der Waals surface area (Å²) in [5.41, 5.74) is 1.33. The minimum Gasteiger partial charge on any atom is -0.391 e. The van der Waals surface area contributed by atoms with Crippen LogP contribution in [0.3, 0.4) is 0 Å². The Kier molecular flexibility index (Phi) is 4.19. The van der Waals surface area contributed by atoms with Crippen molar-refractivity contribution in [2.75, 3.05) is 0 Å². The fourth-order valence-electron chi connectivity index (χ4n) is 2.78. The summed E-state index contributed by atoms with van der Waals surface area (Å²) in [4.78, 5) is 2.44. The number of nitrogens with zero attached hydrogens (tertiary/aromatic N) is 1. The van der Waals surface area contributed by atoms with Crippen molar-refractivity contribution in [3.8, 4) is 0 Å². The largest absolute Gasteiger partial charge is 0.391 e. The lowest BCUT2D eigenvalue weighted by Gasteiger charge is -2.34. The standard InChI is InChI=1S/C15H23NO/c1-12(2)16(14-9-6-10-15(14)17)11-13-7-4-3-5-8-13/h3-5,7-8,12,14-15,17H,6,9-11H2,1-2H3/t14-,15-/m0/s1. The maximum Gasteiger partial charge on any atom is 0.0695 e. The Bertz CT molecular complexity index is 336. The van der Waals surface area contributed by atoms with E-state index in [4.69, 9.17) is 0 Å². The second kappa shape index (κ2) is 5.65. The van der Waals surface area contributed by atoms with Crippen molar-refractivity contribution in [2.45, 2.75) is 57.8 Å². The van der Waals surface area contributed by atoms with Crippen LogP contribution in [0.2, 0.25) is 0 Å². The van der Waals surface area contributed by atoms with Crippen LogP contribution in [0.4, 0.5) is 0 Å². The van der Waals surface area contributed by atoms with Gasteiger partial charge in [-0.05, 0) is 38.7 Å². The van der Waals surface area contributed by atoms with Crippen LogP contribution in [0.25, 0.3) is 0 Å². The minimum absolute atomic E-state index is 0.138. The third kappa shape index (κ3) is 3.08. The molecule has 2 nitrogen and oxygen atoms in total. The average Bonchev–Trinajstić information content (AvgIpc) is 2.73. The predicted molar refractivity (Wildman–Crippen MR) is 70.8 cm³/mol. The molecule has 17 heavy (non-hydrogen) atoms. The highest BCUT2D eigenvalue weighted by atomic mass is 16.3. The summed E-state index contributed by atoms with van der Waals surface area (Å²) in [6, 6.07) is 11.4. The molecule has 0 unspecified atom stereocenters. The number of aliphatic hydroxyl groups is 1. The molecule has 0 radical (unpaired) electrons. The zero-order chi connectivity index (χ0) is 12.3. The van der Waals surface area contributed by atoms with Crippen LogP contribution in [0, 0.1) is 0 Å². The molecular weight excluding hydrogens is 210 g/mol. The fraction of sp³-hybridized carbons (Fsp3) is 0.600. The van der Waals surface area contributed by atoms with Gasteiger partial charge in [0, 0.05) is 18.6 Å². The summed E-state index contributed by atoms with van der Waals surface area (Å²) in [5.74, 6) is 0. The third-order valence-corrected chi connectivity index (χ3v) is 3.74. The highest BCUT2D eigenvalue weighted by Gasteiger charge is 2.31. The monoisotopic (exact) mass is 233 g/mol. The number of rotatable bonds is 4. The molecule has 0 heterocycles. The van der Waals surface area contributed by atoms with Gasteiger partial charge < -0.3 is 5.11 Å². The van der Waals surface area contributed by atoms with Crippen LogP contribution in [-0.4, -0.2) is 28.2 Å². The molecule has 1 fully saturated rings. The third-order valence-electron chi connectivity index (χ3n) is 3.74. The van der Waals surface area contributed by atoms with E-state index in [1.54, 1.807) is 0 Å². The Labute approximate surface area is 104 Å². The molecule has 1 aliphatic carbocycles. The molecule has 1 saturated carbocycles. The highest BCUT2D eigenvalue weighted by Crippen LogP contribution is 2.27. The quantitative estimate of drug-likeness (QED) is 0.864. The molecule has 0 bridgehead atoms. The zero-order valence-electron chi connectivity index (χ0n) is 10.8. The van der Waals surface area contributed by atoms with Gasteiger partial charge in [0.25, 0.3) is 0 Å². The highest BCUT2D eigenvalue weighted by molar-refractivity contribution is 5.15. The first-order valence-corrected chi connectivity index (χ1v) is 6.66. The van der Waals surface area contributed by atoms with Gasteiger partial charge in [-0.15, -0.1) is 0 Å². The number of hydrogen-bond donors (Lipinski definition) is 1. The van der Waals surface area contributed by atoms with E-state index < -0.39 is 0 Å². The molecule has 0 spiro atoms. The van der Waals surface area contributed by atoms with Gasteiger partial charge in [0.05, 0.1) is 6.10 Å². The van der Waals surface area contributed by atoms with Gasteiger partial charge in [0.1, 0.15) is 0 Å². The number of aliphatic hydroxyl groups excluding tert-OH is 1. The summed E-state index contributed by atoms with van der Waals surface area (Å²) in [5, 5.41) is 10.0. The van der Waals surface area contributed by atoms with Crippen molar-refractivity contribution >= 4 is 0 Å². The van der Waals surface area contributed by atoms with Gasteiger partial charge >= 0.3 is 0 Å². The van der Waals surface area contributed by atoms with E-state index >= 15 is 0 Å². The summed E-state index contributed by atoms with van der Waals surface area (Å²) >= 11 is 0. The first-order chi connectivity index (χ1) is 8.18. The van der Waals surface area contributed by atoms with Gasteiger partial charge in [-0.1, -0.05) is 30.3 Å². The van der Waals surface area contributed by atoms with Crippen LogP contribution in [0.5, 0.6) is 0 Å². The lowest BCUT2D eigenvalue weighted by molar-refractivity contribution is 0.0465. The van der Waals surface area contributed by atoms with Crippen LogP contribution in [-0.2, 0) is 6.54 Å². The maximum atomic E-state index is 10.0. The van der Waals surface area contributed by atoms with Crippen molar-refractivity contribution in [2.24, 2.45) is 0 Å². The van der Waals surface area contributed by atoms with E-state index in [-0.39, 0.29) is 6.10 Å². The Morgan fingerprint density at radius 2 is 1.94 bits per heavy atom. The van der Waals surface area contributed by atoms with Crippen molar-refractivity contribution in [1.29, 1.82) is 0 Å². The molecule has 1 aromatic carbocycles. The van der Waals surface area contributed by atoms with E-state index in [2.05, 4.69) is 43.0 Å². The smallest absolute Gasteiger partial charge is 0.0695 e. The second-order valence-electron chi connectivity index (χ2n) is 5.32. The summed E-state index contributed by atoms with van der Waals surface area (Å²) < 4.78 is 0. The molecule has 2 heteroatoms. The molecular formula is C15H23NO. The van der Waals surface area contributed by atoms with Crippen LogP contribution < -0.4 is 0 Å². The van der Waals surface area contributed by atoms with Crippen LogP contribution in [0.15, 0.2) is 30.3 Å². The van der Waals surface area contributed by atoms with Gasteiger partial charge in [0.15, 0.2) is 0 Å². The molecule has 2 atom stereocenters. The first kappa shape index (κ1) is 12.6. The molecule has 2 rings (SSSR count). The van der Waals surface area contributed by atoms with Crippen LogP contribution in [0.1, 0.15) is 38.7 Å². The topological polar surface area (TPSA) is 23.5 Å². The molecule has 1 aliphatic rings. The molecule has 1 N–H and O–H groups in total. The molecule has 94 valence electrons. The van der Waals surface area contributed by atoms with E-state index in [1.165, 1.54) is 5.56 Å². The Morgan fingerprint density at radius 3 is 2.47 bits per heavy atom. The Balaban J connectivity index is 2.07. The Morgan fingerprint density at radius 1 is 1.24 bits per heavy atom. The normalized spacial score (nSPS) is 24.8. The van der Waals surface area contributed by atoms with E-state index in [9.17, 15) is 5.11 Å². The van der Waals surface area contributed by atoms with Crippen molar-refractivity contribution < 1.29 is 5.11 Å². The average molecular weight is 233 g/mol. The van der Waals surface area contributed by atoms with Crippen molar-refractivity contribution in [1.82, 2.24) is 4.90 Å². The van der Waals surface area contributed by atoms with E-state index in [1.807, 2.05) is 6.07 Å². The maximum absolute atomic E-state index is 10.0. The van der Waals surface area contributed by atoms with E-state index in [0.29, 0.717) is 12.1 Å². The zero-order valence-corrected chi connectivity index (χ0v) is 10.8. The van der Waals surface area contributed by atoms with Gasteiger partial charge in [-0.3, -0.25) is 4.90 Å². The summed E-state index contributed by atoms with van der Waals surface area (Å²) in [6.45, 7) is 5.38. The molecule has 0 aromatic heterocycles. The Hall–Kier alpha value is -0.860. The second-order valence-corrected chi connectivity index (χ2v) is 5.32. The lowest BCUT2D eigenvalue weighted by Crippen LogP contribution is -2.44. The van der Waals surface area contributed by atoms with Gasteiger partial charge in [0.2, 0.25) is 0 Å². The fourth-order valence-corrected chi connectivity index (χ4v) is 2.78. The summed E-state index contributed by atoms with van der Waals surface area (Å²) in [6.07, 6.45) is 3.11. The summed E-state index contributed by atoms with van der Waals surface area (Å²) in [7, 11) is 0. The first-order valence-electron chi connectivity index (χ1n) is 6.66. The predicted octanol–water partition coefficient (Wildman–Crippen LogP) is 2.81. The van der Waals surface area contributed by atoms with Gasteiger partial charge in [-0.2, -0.15) is 0 Å². The molecule has 0 aliphatic heterocycles. The lowest BCUT2D eigenvalue weighted by atomic mass is 10.1. The molecule has 1 aromatic rings. The van der Waals surface area contributed by atoms with Crippen LogP contribution >= 0.6 is 0 Å². The van der Waals surface area contributed by atoms with Crippen molar-refractivity contribution in [3.05, 3.63) is 35.9 Å². The minimum atomic E-state index is -0.138. The van der Waals surface area contributed by atoms with Crippen molar-refractivity contribution in [3.63, 3.8) is 0 Å². The molecule has 0 saturated heterocycles. The number of benzene rings is 1. The van der Waals surface area contributed by atoms with Gasteiger partial charge in [-0.25, -0.2) is 0 Å².